The van der Waals surface area contributed by atoms with Gasteiger partial charge in [-0.2, -0.15) is 5.10 Å². The third-order valence-electron chi connectivity index (χ3n) is 2.54. The minimum atomic E-state index is 0.291. The number of phenols is 1. The number of hydrogen-bond acceptors (Lipinski definition) is 4. The van der Waals surface area contributed by atoms with Gasteiger partial charge in [0.2, 0.25) is 0 Å². The van der Waals surface area contributed by atoms with Gasteiger partial charge in [0.15, 0.2) is 0 Å². The van der Waals surface area contributed by atoms with E-state index in [9.17, 15) is 0 Å². The predicted molar refractivity (Wildman–Crippen MR) is 64.3 cm³/mol. The summed E-state index contributed by atoms with van der Waals surface area (Å²) < 4.78 is 1.86. The van der Waals surface area contributed by atoms with Crippen molar-refractivity contribution in [2.45, 2.75) is 26.6 Å². The maximum Gasteiger partial charge on any atom is 0.140 e. The van der Waals surface area contributed by atoms with E-state index in [1.54, 1.807) is 18.5 Å². The summed E-state index contributed by atoms with van der Waals surface area (Å²) in [6, 6.07) is 7.16. The molecule has 0 amide bonds. The summed E-state index contributed by atoms with van der Waals surface area (Å²) in [5.41, 5.74) is 1.13. The van der Waals surface area contributed by atoms with E-state index in [1.807, 2.05) is 23.7 Å². The van der Waals surface area contributed by atoms with Gasteiger partial charge in [-0.15, -0.1) is 0 Å². The van der Waals surface area contributed by atoms with Crippen molar-refractivity contribution in [2.24, 2.45) is 0 Å². The van der Waals surface area contributed by atoms with E-state index < -0.39 is 0 Å². The Morgan fingerprint density at radius 2 is 2.00 bits per heavy atom. The third-order valence-corrected chi connectivity index (χ3v) is 2.54. The first-order valence-corrected chi connectivity index (χ1v) is 5.65. The van der Waals surface area contributed by atoms with Crippen molar-refractivity contribution >= 4 is 0 Å². The molecule has 0 saturated heterocycles. The van der Waals surface area contributed by atoms with Gasteiger partial charge < -0.3 is 10.4 Å². The molecule has 2 N–H and O–H groups in total. The number of hydrogen-bond donors (Lipinski definition) is 2. The summed E-state index contributed by atoms with van der Waals surface area (Å²) in [4.78, 5) is 4.18. The van der Waals surface area contributed by atoms with Gasteiger partial charge in [0.1, 0.15) is 17.9 Å². The minimum absolute atomic E-state index is 0.291. The Morgan fingerprint density at radius 3 is 2.71 bits per heavy atom. The Bertz CT molecular complexity index is 464. The Balaban J connectivity index is 1.85. The average Bonchev–Trinajstić information content (AvgIpc) is 2.79. The zero-order valence-corrected chi connectivity index (χ0v) is 9.80. The Kier molecular flexibility index (Phi) is 3.72. The van der Waals surface area contributed by atoms with Crippen molar-refractivity contribution in [3.63, 3.8) is 0 Å². The Morgan fingerprint density at radius 1 is 1.24 bits per heavy atom. The molecule has 0 radical (unpaired) electrons. The van der Waals surface area contributed by atoms with Crippen LogP contribution in [0.3, 0.4) is 0 Å². The van der Waals surface area contributed by atoms with Crippen molar-refractivity contribution in [3.05, 3.63) is 42.0 Å². The fourth-order valence-corrected chi connectivity index (χ4v) is 1.62. The lowest BCUT2D eigenvalue weighted by Gasteiger charge is -2.05. The minimum Gasteiger partial charge on any atom is -0.508 e. The molecule has 2 rings (SSSR count). The predicted octanol–water partition coefficient (Wildman–Crippen LogP) is 1.29. The van der Waals surface area contributed by atoms with Crippen LogP contribution in [0.1, 0.15) is 18.3 Å². The molecule has 5 heteroatoms. The van der Waals surface area contributed by atoms with Crippen LogP contribution >= 0.6 is 0 Å². The van der Waals surface area contributed by atoms with E-state index in [1.165, 1.54) is 0 Å². The van der Waals surface area contributed by atoms with Crippen molar-refractivity contribution < 1.29 is 5.11 Å². The number of aromatic hydroxyl groups is 1. The number of aryl methyl sites for hydroxylation is 1. The normalized spacial score (nSPS) is 10.6. The van der Waals surface area contributed by atoms with Crippen LogP contribution in [0.2, 0.25) is 0 Å². The van der Waals surface area contributed by atoms with E-state index in [4.69, 9.17) is 5.11 Å². The van der Waals surface area contributed by atoms with Gasteiger partial charge in [-0.1, -0.05) is 12.1 Å². The lowest BCUT2D eigenvalue weighted by atomic mass is 10.2. The van der Waals surface area contributed by atoms with Crippen LogP contribution in [0.25, 0.3) is 0 Å². The molecular weight excluding hydrogens is 216 g/mol. The molecule has 1 aromatic carbocycles. The molecular formula is C12H16N4O. The smallest absolute Gasteiger partial charge is 0.140 e. The molecule has 5 nitrogen and oxygen atoms in total. The van der Waals surface area contributed by atoms with Crippen LogP contribution in [0.5, 0.6) is 5.75 Å². The van der Waals surface area contributed by atoms with Crippen molar-refractivity contribution in [2.75, 3.05) is 0 Å². The summed E-state index contributed by atoms with van der Waals surface area (Å²) in [5, 5.41) is 16.6. The monoisotopic (exact) mass is 232 g/mol. The molecule has 1 aromatic heterocycles. The van der Waals surface area contributed by atoms with Crippen molar-refractivity contribution in [1.29, 1.82) is 0 Å². The summed E-state index contributed by atoms with van der Waals surface area (Å²) >= 11 is 0. The zero-order chi connectivity index (χ0) is 12.1. The van der Waals surface area contributed by atoms with Crippen molar-refractivity contribution in [3.8, 4) is 5.75 Å². The summed E-state index contributed by atoms with van der Waals surface area (Å²) in [6.45, 7) is 4.31. The number of aromatic nitrogens is 3. The highest BCUT2D eigenvalue weighted by atomic mass is 16.3. The van der Waals surface area contributed by atoms with Gasteiger partial charge >= 0.3 is 0 Å². The topological polar surface area (TPSA) is 63.0 Å². The Hall–Kier alpha value is -1.88. The summed E-state index contributed by atoms with van der Waals surface area (Å²) in [5.74, 6) is 1.23. The molecule has 0 aliphatic rings. The largest absolute Gasteiger partial charge is 0.508 e. The molecule has 0 unspecified atom stereocenters. The van der Waals surface area contributed by atoms with E-state index in [2.05, 4.69) is 15.4 Å². The van der Waals surface area contributed by atoms with Gasteiger partial charge in [-0.05, 0) is 24.6 Å². The molecule has 1 heterocycles. The highest BCUT2D eigenvalue weighted by Crippen LogP contribution is 2.09. The molecule has 0 fully saturated rings. The fourth-order valence-electron chi connectivity index (χ4n) is 1.62. The first-order valence-electron chi connectivity index (χ1n) is 5.65. The molecule has 0 saturated carbocycles. The second-order valence-electron chi connectivity index (χ2n) is 3.76. The molecule has 2 aromatic rings. The number of rotatable bonds is 5. The van der Waals surface area contributed by atoms with Gasteiger partial charge in [-0.25, -0.2) is 9.67 Å². The molecule has 90 valence electrons. The van der Waals surface area contributed by atoms with E-state index in [-0.39, 0.29) is 0 Å². The van der Waals surface area contributed by atoms with Crippen LogP contribution in [-0.4, -0.2) is 19.9 Å². The van der Waals surface area contributed by atoms with Gasteiger partial charge in [0.25, 0.3) is 0 Å². The third kappa shape index (κ3) is 3.04. The maximum atomic E-state index is 9.16. The lowest BCUT2D eigenvalue weighted by molar-refractivity contribution is 0.475. The van der Waals surface area contributed by atoms with Crippen LogP contribution in [0.15, 0.2) is 30.6 Å². The number of nitrogens with one attached hydrogen (secondary N) is 1. The quantitative estimate of drug-likeness (QED) is 0.815. The van der Waals surface area contributed by atoms with Gasteiger partial charge in [0.05, 0.1) is 6.54 Å². The van der Waals surface area contributed by atoms with E-state index in [0.29, 0.717) is 12.3 Å². The highest BCUT2D eigenvalue weighted by Gasteiger charge is 2.01. The second-order valence-corrected chi connectivity index (χ2v) is 3.76. The molecule has 17 heavy (non-hydrogen) atoms. The zero-order valence-electron chi connectivity index (χ0n) is 9.80. The summed E-state index contributed by atoms with van der Waals surface area (Å²) in [7, 11) is 0. The SMILES string of the molecule is CCn1ncnc1CNCc1ccc(O)cc1. The summed E-state index contributed by atoms with van der Waals surface area (Å²) in [6.07, 6.45) is 1.57. The molecule has 0 atom stereocenters. The van der Waals surface area contributed by atoms with Gasteiger partial charge in [0, 0.05) is 13.1 Å². The molecule has 0 aliphatic carbocycles. The number of nitrogens with zero attached hydrogens (tertiary/aromatic N) is 3. The second kappa shape index (κ2) is 5.45. The molecule has 0 bridgehead atoms. The van der Waals surface area contributed by atoms with Gasteiger partial charge in [-0.3, -0.25) is 0 Å². The van der Waals surface area contributed by atoms with E-state index in [0.717, 1.165) is 24.5 Å². The number of phenolic OH excluding ortho intramolecular Hbond substituents is 1. The number of benzene rings is 1. The van der Waals surface area contributed by atoms with Crippen molar-refractivity contribution in [1.82, 2.24) is 20.1 Å². The lowest BCUT2D eigenvalue weighted by Crippen LogP contribution is -2.16. The van der Waals surface area contributed by atoms with Crippen LogP contribution < -0.4 is 5.32 Å². The van der Waals surface area contributed by atoms with E-state index >= 15 is 0 Å². The average molecular weight is 232 g/mol. The maximum absolute atomic E-state index is 9.16. The standard InChI is InChI=1S/C12H16N4O/c1-2-16-12(14-9-15-16)8-13-7-10-3-5-11(17)6-4-10/h3-6,9,13,17H,2,7-8H2,1H3. The first kappa shape index (κ1) is 11.6. The molecule has 0 spiro atoms. The van der Waals surface area contributed by atoms with Crippen LogP contribution in [0, 0.1) is 0 Å². The Labute approximate surface area is 100 Å². The van der Waals surface area contributed by atoms with Crippen LogP contribution in [0.4, 0.5) is 0 Å². The van der Waals surface area contributed by atoms with Crippen LogP contribution in [-0.2, 0) is 19.6 Å². The highest BCUT2D eigenvalue weighted by molar-refractivity contribution is 5.25. The molecule has 0 aliphatic heterocycles. The fraction of sp³-hybridized carbons (Fsp3) is 0.333. The first-order chi connectivity index (χ1) is 8.29.